The van der Waals surface area contributed by atoms with Crippen LogP contribution < -0.4 is 0 Å². The molecule has 0 fully saturated rings. The molecule has 0 bridgehead atoms. The largest absolute Gasteiger partial charge is 0.361 e. The zero-order valence-electron chi connectivity index (χ0n) is 19.8. The molecule has 168 valence electrons. The van der Waals surface area contributed by atoms with Crippen LogP contribution in [-0.4, -0.2) is 34.8 Å². The fourth-order valence-corrected chi connectivity index (χ4v) is 5.01. The lowest BCUT2D eigenvalue weighted by Gasteiger charge is -2.33. The van der Waals surface area contributed by atoms with E-state index in [1.165, 1.54) is 29.5 Å². The van der Waals surface area contributed by atoms with Crippen LogP contribution in [0.4, 0.5) is 0 Å². The lowest BCUT2D eigenvalue weighted by molar-refractivity contribution is 0.103. The number of nitrogens with one attached hydrogen (secondary N) is 1. The van der Waals surface area contributed by atoms with E-state index >= 15 is 0 Å². The van der Waals surface area contributed by atoms with Crippen LogP contribution in [0.25, 0.3) is 16.5 Å². The van der Waals surface area contributed by atoms with Gasteiger partial charge in [0.05, 0.1) is 0 Å². The van der Waals surface area contributed by atoms with Gasteiger partial charge in [0.1, 0.15) is 0 Å². The first-order valence-electron chi connectivity index (χ1n) is 12.3. The predicted octanol–water partition coefficient (Wildman–Crippen LogP) is 7.02. The number of aromatic amines is 1. The first-order chi connectivity index (χ1) is 15.6. The maximum Gasteiger partial charge on any atom is 0.193 e. The van der Waals surface area contributed by atoms with Gasteiger partial charge in [-0.05, 0) is 67.5 Å². The number of hydrogen-bond acceptors (Lipinski definition) is 2. The number of fused-ring (bicyclic) bond motifs is 1. The lowest BCUT2D eigenvalue weighted by atomic mass is 9.95. The minimum absolute atomic E-state index is 0.106. The molecule has 3 nitrogen and oxygen atoms in total. The molecule has 1 N–H and O–H groups in total. The van der Waals surface area contributed by atoms with E-state index in [-0.39, 0.29) is 5.78 Å². The summed E-state index contributed by atoms with van der Waals surface area (Å²) in [7, 11) is 0. The van der Waals surface area contributed by atoms with Crippen LogP contribution in [0, 0.1) is 0 Å². The van der Waals surface area contributed by atoms with Crippen molar-refractivity contribution in [1.29, 1.82) is 0 Å². The predicted molar refractivity (Wildman–Crippen MR) is 135 cm³/mol. The summed E-state index contributed by atoms with van der Waals surface area (Å²) < 4.78 is 0. The van der Waals surface area contributed by atoms with Gasteiger partial charge in [-0.1, -0.05) is 51.5 Å². The van der Waals surface area contributed by atoms with Crippen molar-refractivity contribution in [2.45, 2.75) is 65.3 Å². The normalized spacial score (nSPS) is 14.8. The molecule has 32 heavy (non-hydrogen) atoms. The van der Waals surface area contributed by atoms with Crippen molar-refractivity contribution < 1.29 is 4.79 Å². The Bertz CT molecular complexity index is 1100. The standard InChI is InChI=1S/C29H36N2O/c1-4-7-9-21-10-8-11-23(18-21)29(32)24-12-13-28-26(19-24)27(20-30-28)22-14-16-31(17-15-22)25(5-2)6-3/h8,10-14,18-20,25,30H,4-7,9,15-17H2,1-3H3. The number of unbranched alkanes of at least 4 members (excludes halogenated alkanes) is 1. The van der Waals surface area contributed by atoms with Gasteiger partial charge in [0.15, 0.2) is 5.78 Å². The molecule has 0 radical (unpaired) electrons. The molecule has 3 aromatic rings. The number of carbonyl (C=O) groups excluding carboxylic acids is 1. The highest BCUT2D eigenvalue weighted by Crippen LogP contribution is 2.31. The van der Waals surface area contributed by atoms with Gasteiger partial charge in [-0.2, -0.15) is 0 Å². The van der Waals surface area contributed by atoms with Crippen molar-refractivity contribution in [3.63, 3.8) is 0 Å². The van der Waals surface area contributed by atoms with Crippen molar-refractivity contribution in [1.82, 2.24) is 9.88 Å². The van der Waals surface area contributed by atoms with E-state index in [0.717, 1.165) is 60.8 Å². The van der Waals surface area contributed by atoms with E-state index < -0.39 is 0 Å². The first kappa shape index (κ1) is 22.5. The van der Waals surface area contributed by atoms with Crippen LogP contribution in [0.3, 0.4) is 0 Å². The fourth-order valence-electron chi connectivity index (χ4n) is 5.01. The van der Waals surface area contributed by atoms with Crippen molar-refractivity contribution in [2.24, 2.45) is 0 Å². The van der Waals surface area contributed by atoms with Gasteiger partial charge in [0, 0.05) is 52.9 Å². The van der Waals surface area contributed by atoms with Crippen LogP contribution in [0.15, 0.2) is 54.7 Å². The van der Waals surface area contributed by atoms with Crippen LogP contribution in [-0.2, 0) is 6.42 Å². The molecule has 0 atom stereocenters. The third kappa shape index (κ3) is 4.73. The van der Waals surface area contributed by atoms with Crippen molar-refractivity contribution in [2.75, 3.05) is 13.1 Å². The molecule has 1 aliphatic rings. The molecular formula is C29H36N2O. The number of aromatic nitrogens is 1. The van der Waals surface area contributed by atoms with Gasteiger partial charge in [-0.15, -0.1) is 0 Å². The highest BCUT2D eigenvalue weighted by Gasteiger charge is 2.20. The number of aryl methyl sites for hydroxylation is 1. The molecule has 2 heterocycles. The lowest BCUT2D eigenvalue weighted by Crippen LogP contribution is -2.37. The number of carbonyl (C=O) groups is 1. The Morgan fingerprint density at radius 2 is 1.88 bits per heavy atom. The monoisotopic (exact) mass is 428 g/mol. The summed E-state index contributed by atoms with van der Waals surface area (Å²) in [6.07, 6.45) is 11.3. The summed E-state index contributed by atoms with van der Waals surface area (Å²) in [6.45, 7) is 8.88. The summed E-state index contributed by atoms with van der Waals surface area (Å²) >= 11 is 0. The number of ketones is 1. The molecule has 1 aromatic heterocycles. The van der Waals surface area contributed by atoms with Gasteiger partial charge >= 0.3 is 0 Å². The molecule has 0 aliphatic carbocycles. The molecule has 1 aliphatic heterocycles. The molecule has 3 heteroatoms. The fraction of sp³-hybridized carbons (Fsp3) is 0.414. The van der Waals surface area contributed by atoms with Gasteiger partial charge in [-0.25, -0.2) is 0 Å². The average Bonchev–Trinajstić information content (AvgIpc) is 3.27. The van der Waals surface area contributed by atoms with Gasteiger partial charge in [0.25, 0.3) is 0 Å². The summed E-state index contributed by atoms with van der Waals surface area (Å²) in [5.74, 6) is 0.106. The average molecular weight is 429 g/mol. The third-order valence-electron chi connectivity index (χ3n) is 7.00. The molecule has 0 unspecified atom stereocenters. The third-order valence-corrected chi connectivity index (χ3v) is 7.00. The van der Waals surface area contributed by atoms with Gasteiger partial charge in [-0.3, -0.25) is 9.69 Å². The molecule has 2 aromatic carbocycles. The Morgan fingerprint density at radius 3 is 2.59 bits per heavy atom. The van der Waals surface area contributed by atoms with E-state index in [0.29, 0.717) is 6.04 Å². The van der Waals surface area contributed by atoms with E-state index in [2.05, 4.69) is 61.1 Å². The highest BCUT2D eigenvalue weighted by atomic mass is 16.1. The van der Waals surface area contributed by atoms with E-state index in [1.54, 1.807) is 0 Å². The summed E-state index contributed by atoms with van der Waals surface area (Å²) in [4.78, 5) is 19.3. The summed E-state index contributed by atoms with van der Waals surface area (Å²) in [5.41, 5.74) is 6.53. The molecule has 0 spiro atoms. The summed E-state index contributed by atoms with van der Waals surface area (Å²) in [6, 6.07) is 14.9. The first-order valence-corrected chi connectivity index (χ1v) is 12.3. The van der Waals surface area contributed by atoms with Crippen molar-refractivity contribution in [3.8, 4) is 0 Å². The second-order valence-electron chi connectivity index (χ2n) is 9.04. The Hall–Kier alpha value is -2.65. The number of benzene rings is 2. The minimum Gasteiger partial charge on any atom is -0.361 e. The maximum absolute atomic E-state index is 13.3. The van der Waals surface area contributed by atoms with Gasteiger partial charge in [0.2, 0.25) is 0 Å². The van der Waals surface area contributed by atoms with E-state index in [9.17, 15) is 4.79 Å². The van der Waals surface area contributed by atoms with Crippen LogP contribution >= 0.6 is 0 Å². The Kier molecular flexibility index (Phi) is 7.26. The Balaban J connectivity index is 1.59. The molecule has 4 rings (SSSR count). The maximum atomic E-state index is 13.3. The van der Waals surface area contributed by atoms with E-state index in [4.69, 9.17) is 0 Å². The SMILES string of the molecule is CCCCc1cccc(C(=O)c2ccc3[nH]cc(C4=CCN(C(CC)CC)CC4)c3c2)c1. The Labute approximate surface area is 192 Å². The number of H-pyrrole nitrogens is 1. The van der Waals surface area contributed by atoms with Crippen LogP contribution in [0.2, 0.25) is 0 Å². The van der Waals surface area contributed by atoms with Crippen molar-refractivity contribution in [3.05, 3.63) is 77.0 Å². The number of nitrogens with zero attached hydrogens (tertiary/aromatic N) is 1. The van der Waals surface area contributed by atoms with Crippen LogP contribution in [0.5, 0.6) is 0 Å². The topological polar surface area (TPSA) is 36.1 Å². The molecule has 0 saturated carbocycles. The smallest absolute Gasteiger partial charge is 0.193 e. The number of hydrogen-bond donors (Lipinski definition) is 1. The second kappa shape index (κ2) is 10.3. The van der Waals surface area contributed by atoms with Crippen molar-refractivity contribution >= 4 is 22.3 Å². The highest BCUT2D eigenvalue weighted by molar-refractivity contribution is 6.11. The summed E-state index contributed by atoms with van der Waals surface area (Å²) in [5, 5.41) is 1.15. The quantitative estimate of drug-likeness (QED) is 0.372. The molecule has 0 saturated heterocycles. The second-order valence-corrected chi connectivity index (χ2v) is 9.04. The Morgan fingerprint density at radius 1 is 1.06 bits per heavy atom. The van der Waals surface area contributed by atoms with Gasteiger partial charge < -0.3 is 4.98 Å². The molecular weight excluding hydrogens is 392 g/mol. The zero-order valence-corrected chi connectivity index (χ0v) is 19.8. The van der Waals surface area contributed by atoms with Crippen LogP contribution in [0.1, 0.15) is 79.9 Å². The minimum atomic E-state index is 0.106. The number of rotatable bonds is 9. The zero-order chi connectivity index (χ0) is 22.5. The van der Waals surface area contributed by atoms with E-state index in [1.807, 2.05) is 24.3 Å². The molecule has 0 amide bonds.